The highest BCUT2D eigenvalue weighted by molar-refractivity contribution is 5.76. The predicted octanol–water partition coefficient (Wildman–Crippen LogP) is 2.34. The number of carbonyl (C=O) groups is 1. The molecule has 0 saturated carbocycles. The third kappa shape index (κ3) is 5.99. The molecule has 1 aromatic rings. The van der Waals surface area contributed by atoms with Gasteiger partial charge in [0, 0.05) is 26.1 Å². The largest absolute Gasteiger partial charge is 0.379 e. The number of carbonyl (C=O) groups excluding carboxylic acids is 1. The number of halogens is 1. The highest BCUT2D eigenvalue weighted by atomic mass is 19.1. The Hall–Kier alpha value is -1.50. The summed E-state index contributed by atoms with van der Waals surface area (Å²) in [5.74, 6) is 0.787. The molecule has 3 rings (SSSR count). The molecule has 2 aliphatic rings. The van der Waals surface area contributed by atoms with E-state index in [9.17, 15) is 9.18 Å². The van der Waals surface area contributed by atoms with Gasteiger partial charge >= 0.3 is 0 Å². The van der Waals surface area contributed by atoms with Crippen molar-refractivity contribution in [3.8, 4) is 0 Å². The molecule has 0 spiro atoms. The molecule has 2 heterocycles. The van der Waals surface area contributed by atoms with Crippen LogP contribution in [0.3, 0.4) is 0 Å². The van der Waals surface area contributed by atoms with Crippen LogP contribution in [-0.4, -0.2) is 56.7 Å². The predicted molar refractivity (Wildman–Crippen MR) is 104 cm³/mol. The Balaban J connectivity index is 1.57. The second kappa shape index (κ2) is 10.2. The number of nitrogens with one attached hydrogen (secondary N) is 2. The summed E-state index contributed by atoms with van der Waals surface area (Å²) in [6.07, 6.45) is 2.93. The number of nitrogens with zero attached hydrogens (tertiary/aromatic N) is 1. The minimum atomic E-state index is -0.240. The van der Waals surface area contributed by atoms with Crippen LogP contribution in [0.15, 0.2) is 24.3 Å². The zero-order chi connectivity index (χ0) is 19.1. The van der Waals surface area contributed by atoms with Crippen molar-refractivity contribution in [2.75, 3.05) is 45.9 Å². The Kier molecular flexibility index (Phi) is 7.61. The van der Waals surface area contributed by atoms with Crippen molar-refractivity contribution >= 4 is 5.91 Å². The normalized spacial score (nSPS) is 23.6. The number of ether oxygens (including phenoxy) is 1. The lowest BCUT2D eigenvalue weighted by atomic mass is 9.85. The lowest BCUT2D eigenvalue weighted by Gasteiger charge is -2.35. The second-order valence-corrected chi connectivity index (χ2v) is 7.81. The molecule has 1 aromatic carbocycles. The van der Waals surface area contributed by atoms with Crippen molar-refractivity contribution in [1.82, 2.24) is 15.5 Å². The first kappa shape index (κ1) is 20.2. The number of hydrogen-bond acceptors (Lipinski definition) is 4. The standard InChI is InChI=1S/C21H32FN3O2/c1-16(18-5-3-7-23-14-18)12-21(26)24-15-20(25-8-10-27-11-9-25)17-4-2-6-19(22)13-17/h2,4,6,13,16,18,20,23H,3,5,7-12,14-15H2,1H3,(H,24,26). The first-order valence-corrected chi connectivity index (χ1v) is 10.2. The first-order chi connectivity index (χ1) is 13.1. The summed E-state index contributed by atoms with van der Waals surface area (Å²) in [6, 6.07) is 6.67. The third-order valence-electron chi connectivity index (χ3n) is 5.86. The maximum absolute atomic E-state index is 13.7. The van der Waals surface area contributed by atoms with Crippen LogP contribution in [-0.2, 0) is 9.53 Å². The smallest absolute Gasteiger partial charge is 0.220 e. The summed E-state index contributed by atoms with van der Waals surface area (Å²) in [7, 11) is 0. The van der Waals surface area contributed by atoms with E-state index in [-0.39, 0.29) is 17.8 Å². The minimum absolute atomic E-state index is 0.0276. The molecule has 2 saturated heterocycles. The SMILES string of the molecule is CC(CC(=O)NCC(c1cccc(F)c1)N1CCOCC1)C1CCCNC1. The molecule has 0 radical (unpaired) electrons. The summed E-state index contributed by atoms with van der Waals surface area (Å²) in [5.41, 5.74) is 0.904. The maximum Gasteiger partial charge on any atom is 0.220 e. The van der Waals surface area contributed by atoms with E-state index in [4.69, 9.17) is 4.74 Å². The fraction of sp³-hybridized carbons (Fsp3) is 0.667. The third-order valence-corrected chi connectivity index (χ3v) is 5.86. The number of morpholine rings is 1. The number of hydrogen-bond donors (Lipinski definition) is 2. The average molecular weight is 378 g/mol. The van der Waals surface area contributed by atoms with Crippen molar-refractivity contribution < 1.29 is 13.9 Å². The molecule has 1 amide bonds. The van der Waals surface area contributed by atoms with Crippen LogP contribution in [0, 0.1) is 17.7 Å². The second-order valence-electron chi connectivity index (χ2n) is 7.81. The van der Waals surface area contributed by atoms with Gasteiger partial charge in [-0.05, 0) is 55.5 Å². The van der Waals surface area contributed by atoms with Gasteiger partial charge < -0.3 is 15.4 Å². The van der Waals surface area contributed by atoms with E-state index >= 15 is 0 Å². The fourth-order valence-corrected chi connectivity index (χ4v) is 4.17. The number of piperidine rings is 1. The zero-order valence-electron chi connectivity index (χ0n) is 16.3. The van der Waals surface area contributed by atoms with Crippen molar-refractivity contribution in [2.24, 2.45) is 11.8 Å². The molecule has 5 nitrogen and oxygen atoms in total. The van der Waals surface area contributed by atoms with Gasteiger partial charge in [0.15, 0.2) is 0 Å². The Bertz CT molecular complexity index is 601. The van der Waals surface area contributed by atoms with Crippen LogP contribution < -0.4 is 10.6 Å². The van der Waals surface area contributed by atoms with Gasteiger partial charge in [-0.15, -0.1) is 0 Å². The van der Waals surface area contributed by atoms with E-state index in [1.165, 1.54) is 18.9 Å². The van der Waals surface area contributed by atoms with Gasteiger partial charge in [-0.1, -0.05) is 19.1 Å². The summed E-state index contributed by atoms with van der Waals surface area (Å²) in [6.45, 7) is 7.69. The van der Waals surface area contributed by atoms with Gasteiger partial charge in [0.25, 0.3) is 0 Å². The van der Waals surface area contributed by atoms with E-state index in [1.807, 2.05) is 6.07 Å². The molecule has 6 heteroatoms. The van der Waals surface area contributed by atoms with Gasteiger partial charge in [0.2, 0.25) is 5.91 Å². The molecule has 2 fully saturated rings. The molecule has 2 aliphatic heterocycles. The van der Waals surface area contributed by atoms with E-state index in [0.717, 1.165) is 31.7 Å². The Morgan fingerprint density at radius 3 is 2.93 bits per heavy atom. The van der Waals surface area contributed by atoms with E-state index in [2.05, 4.69) is 22.5 Å². The zero-order valence-corrected chi connectivity index (χ0v) is 16.3. The highest BCUT2D eigenvalue weighted by Crippen LogP contribution is 2.24. The highest BCUT2D eigenvalue weighted by Gasteiger charge is 2.25. The molecule has 0 aromatic heterocycles. The topological polar surface area (TPSA) is 53.6 Å². The monoisotopic (exact) mass is 377 g/mol. The van der Waals surface area contributed by atoms with Crippen molar-refractivity contribution in [3.05, 3.63) is 35.6 Å². The summed E-state index contributed by atoms with van der Waals surface area (Å²) < 4.78 is 19.2. The maximum atomic E-state index is 13.7. The first-order valence-electron chi connectivity index (χ1n) is 10.2. The molecular formula is C21H32FN3O2. The van der Waals surface area contributed by atoms with E-state index in [0.29, 0.717) is 38.0 Å². The van der Waals surface area contributed by atoms with Gasteiger partial charge in [-0.2, -0.15) is 0 Å². The van der Waals surface area contributed by atoms with Crippen molar-refractivity contribution in [1.29, 1.82) is 0 Å². The molecule has 27 heavy (non-hydrogen) atoms. The Labute approximate surface area is 161 Å². The molecule has 0 aliphatic carbocycles. The van der Waals surface area contributed by atoms with Gasteiger partial charge in [0.05, 0.1) is 19.3 Å². The molecule has 3 unspecified atom stereocenters. The average Bonchev–Trinajstić information content (AvgIpc) is 2.70. The van der Waals surface area contributed by atoms with E-state index in [1.54, 1.807) is 12.1 Å². The molecule has 2 N–H and O–H groups in total. The number of amides is 1. The summed E-state index contributed by atoms with van der Waals surface area (Å²) in [4.78, 5) is 14.8. The van der Waals surface area contributed by atoms with Crippen LogP contribution in [0.2, 0.25) is 0 Å². The lowest BCUT2D eigenvalue weighted by molar-refractivity contribution is -0.122. The van der Waals surface area contributed by atoms with E-state index < -0.39 is 0 Å². The molecule has 0 bridgehead atoms. The van der Waals surface area contributed by atoms with Gasteiger partial charge in [0.1, 0.15) is 5.82 Å². The van der Waals surface area contributed by atoms with Crippen LogP contribution in [0.25, 0.3) is 0 Å². The summed E-state index contributed by atoms with van der Waals surface area (Å²) in [5, 5.41) is 6.53. The van der Waals surface area contributed by atoms with Gasteiger partial charge in [-0.25, -0.2) is 4.39 Å². The summed E-state index contributed by atoms with van der Waals surface area (Å²) >= 11 is 0. The van der Waals surface area contributed by atoms with Crippen LogP contribution in [0.4, 0.5) is 4.39 Å². The van der Waals surface area contributed by atoms with Crippen molar-refractivity contribution in [3.63, 3.8) is 0 Å². The van der Waals surface area contributed by atoms with Crippen LogP contribution >= 0.6 is 0 Å². The van der Waals surface area contributed by atoms with Crippen molar-refractivity contribution in [2.45, 2.75) is 32.2 Å². The number of benzene rings is 1. The van der Waals surface area contributed by atoms with Crippen LogP contribution in [0.1, 0.15) is 37.8 Å². The van der Waals surface area contributed by atoms with Crippen LogP contribution in [0.5, 0.6) is 0 Å². The Morgan fingerprint density at radius 2 is 2.22 bits per heavy atom. The number of rotatable bonds is 7. The minimum Gasteiger partial charge on any atom is -0.379 e. The fourth-order valence-electron chi connectivity index (χ4n) is 4.17. The quantitative estimate of drug-likeness (QED) is 0.766. The lowest BCUT2D eigenvalue weighted by Crippen LogP contribution is -2.44. The molecule has 3 atom stereocenters. The molecular weight excluding hydrogens is 345 g/mol. The Morgan fingerprint density at radius 1 is 1.41 bits per heavy atom. The van der Waals surface area contributed by atoms with Gasteiger partial charge in [-0.3, -0.25) is 9.69 Å². The molecule has 150 valence electrons.